The Morgan fingerprint density at radius 1 is 1.12 bits per heavy atom. The van der Waals surface area contributed by atoms with Gasteiger partial charge in [-0.15, -0.1) is 0 Å². The molecule has 41 heavy (non-hydrogen) atoms. The van der Waals surface area contributed by atoms with Crippen LogP contribution < -0.4 is 15.8 Å². The van der Waals surface area contributed by atoms with E-state index in [0.29, 0.717) is 37.5 Å². The Balaban J connectivity index is 1.40. The van der Waals surface area contributed by atoms with Crippen molar-refractivity contribution in [1.82, 2.24) is 25.4 Å². The van der Waals surface area contributed by atoms with Crippen LogP contribution in [0.3, 0.4) is 0 Å². The molecule has 0 aliphatic heterocycles. The molecule has 2 N–H and O–H groups in total. The summed E-state index contributed by atoms with van der Waals surface area (Å²) in [6.07, 6.45) is 9.65. The predicted molar refractivity (Wildman–Crippen MR) is 154 cm³/mol. The molecule has 1 atom stereocenters. The number of anilines is 2. The van der Waals surface area contributed by atoms with Crippen molar-refractivity contribution >= 4 is 24.0 Å². The van der Waals surface area contributed by atoms with E-state index in [1.807, 2.05) is 42.5 Å². The molecule has 10 nitrogen and oxygen atoms in total. The Hall–Kier alpha value is -4.12. The molecule has 0 bridgehead atoms. The first-order valence-corrected chi connectivity index (χ1v) is 14.0. The molecule has 1 aliphatic carbocycles. The number of hydrogen-bond acceptors (Lipinski definition) is 8. The van der Waals surface area contributed by atoms with Gasteiger partial charge >= 0.3 is 0 Å². The van der Waals surface area contributed by atoms with Gasteiger partial charge in [0.1, 0.15) is 12.4 Å². The summed E-state index contributed by atoms with van der Waals surface area (Å²) in [5.74, 6) is -0.836. The zero-order valence-electron chi connectivity index (χ0n) is 23.6. The van der Waals surface area contributed by atoms with Crippen LogP contribution in [-0.2, 0) is 27.5 Å². The van der Waals surface area contributed by atoms with E-state index >= 15 is 4.39 Å². The Bertz CT molecular complexity index is 1260. The van der Waals surface area contributed by atoms with Crippen LogP contribution >= 0.6 is 0 Å². The van der Waals surface area contributed by atoms with Gasteiger partial charge in [0.2, 0.25) is 18.1 Å². The molecule has 2 heterocycles. The number of pyridine rings is 1. The second-order valence-electron chi connectivity index (χ2n) is 10.4. The number of rotatable bonds is 15. The summed E-state index contributed by atoms with van der Waals surface area (Å²) in [5, 5.41) is 1.16. The predicted octanol–water partition coefficient (Wildman–Crippen LogP) is 4.23. The fraction of sp³-hybridized carbons (Fsp3) is 0.433. The summed E-state index contributed by atoms with van der Waals surface area (Å²) in [7, 11) is 1.76. The molecule has 0 saturated heterocycles. The summed E-state index contributed by atoms with van der Waals surface area (Å²) in [4.78, 5) is 45.0. The van der Waals surface area contributed by atoms with Gasteiger partial charge in [0.25, 0.3) is 0 Å². The maximum Gasteiger partial charge on any atom is 0.243 e. The molecule has 218 valence electrons. The second-order valence-corrected chi connectivity index (χ2v) is 10.4. The van der Waals surface area contributed by atoms with E-state index < -0.39 is 11.7 Å². The van der Waals surface area contributed by atoms with Crippen molar-refractivity contribution in [1.29, 1.82) is 0 Å². The number of carbonyl (C=O) groups is 2. The number of halogens is 1. The molecule has 1 saturated carbocycles. The maximum atomic E-state index is 15.5. The molecule has 2 aromatic heterocycles. The van der Waals surface area contributed by atoms with Gasteiger partial charge in [-0.1, -0.05) is 56.0 Å². The zero-order valence-corrected chi connectivity index (χ0v) is 23.6. The summed E-state index contributed by atoms with van der Waals surface area (Å²) >= 11 is 0. The highest BCUT2D eigenvalue weighted by Crippen LogP contribution is 2.31. The zero-order chi connectivity index (χ0) is 29.0. The third-order valence-electron chi connectivity index (χ3n) is 7.32. The van der Waals surface area contributed by atoms with Crippen molar-refractivity contribution in [2.75, 3.05) is 30.5 Å². The largest absolute Gasteiger partial charge is 0.357 e. The lowest BCUT2D eigenvalue weighted by Crippen LogP contribution is -2.42. The smallest absolute Gasteiger partial charge is 0.243 e. The third kappa shape index (κ3) is 8.94. The molecule has 2 amide bonds. The molecule has 1 fully saturated rings. The van der Waals surface area contributed by atoms with Gasteiger partial charge in [-0.3, -0.25) is 30.3 Å². The number of benzene rings is 1. The van der Waals surface area contributed by atoms with Crippen LogP contribution in [0.25, 0.3) is 0 Å². The fourth-order valence-corrected chi connectivity index (χ4v) is 5.04. The Kier molecular flexibility index (Phi) is 10.9. The fourth-order valence-electron chi connectivity index (χ4n) is 5.04. The number of nitrogens with zero attached hydrogens (tertiary/aromatic N) is 5. The maximum absolute atomic E-state index is 15.5. The standard InChI is InChI=1S/C30H38FN7O3/c1-22-33-28(27(31)29(34-22)37(2)17-14-23-12-15-32-16-13-23)35-36-30(40)26(18-24-8-6-7-9-24)19-38(21-39)41-20-25-10-4-3-5-11-25/h3-5,10-13,15-16,21,24,26H,6-9,14,17-20H2,1-2H3,(H,36,40)(H,33,34,35)/t26-/m1/s1. The Labute approximate surface area is 240 Å². The highest BCUT2D eigenvalue weighted by atomic mass is 19.1. The lowest BCUT2D eigenvalue weighted by molar-refractivity contribution is -0.182. The van der Waals surface area contributed by atoms with Crippen molar-refractivity contribution in [3.63, 3.8) is 0 Å². The van der Waals surface area contributed by atoms with E-state index in [1.54, 1.807) is 31.3 Å². The average molecular weight is 564 g/mol. The van der Waals surface area contributed by atoms with Gasteiger partial charge in [0.05, 0.1) is 12.5 Å². The number of aryl methyl sites for hydroxylation is 1. The van der Waals surface area contributed by atoms with Crippen molar-refractivity contribution in [3.05, 3.63) is 77.6 Å². The molecule has 0 radical (unpaired) electrons. The minimum absolute atomic E-state index is 0.0780. The van der Waals surface area contributed by atoms with E-state index in [9.17, 15) is 9.59 Å². The number of nitrogens with one attached hydrogen (secondary N) is 2. The molecule has 1 aromatic carbocycles. The monoisotopic (exact) mass is 563 g/mol. The van der Waals surface area contributed by atoms with Crippen molar-refractivity contribution in [2.24, 2.45) is 11.8 Å². The molecule has 4 rings (SSSR count). The molecule has 0 unspecified atom stereocenters. The lowest BCUT2D eigenvalue weighted by atomic mass is 9.92. The lowest BCUT2D eigenvalue weighted by Gasteiger charge is -2.25. The molecular weight excluding hydrogens is 525 g/mol. The highest BCUT2D eigenvalue weighted by Gasteiger charge is 2.28. The minimum atomic E-state index is -0.666. The van der Waals surface area contributed by atoms with Crippen molar-refractivity contribution < 1.29 is 18.8 Å². The van der Waals surface area contributed by atoms with Crippen LogP contribution in [0.2, 0.25) is 0 Å². The van der Waals surface area contributed by atoms with Crippen LogP contribution in [0.1, 0.15) is 49.1 Å². The van der Waals surface area contributed by atoms with E-state index in [4.69, 9.17) is 4.84 Å². The first-order valence-electron chi connectivity index (χ1n) is 14.0. The molecule has 11 heteroatoms. The Morgan fingerprint density at radius 2 is 1.85 bits per heavy atom. The second kappa shape index (κ2) is 15.0. The topological polar surface area (TPSA) is 113 Å². The Morgan fingerprint density at radius 3 is 2.56 bits per heavy atom. The summed E-state index contributed by atoms with van der Waals surface area (Å²) in [6, 6.07) is 13.3. The first-order chi connectivity index (χ1) is 19.9. The van der Waals surface area contributed by atoms with E-state index in [-0.39, 0.29) is 30.7 Å². The highest BCUT2D eigenvalue weighted by molar-refractivity contribution is 5.80. The number of hydrazine groups is 1. The third-order valence-corrected chi connectivity index (χ3v) is 7.32. The number of hydroxylamine groups is 2. The molecular formula is C30H38FN7O3. The molecule has 1 aliphatic rings. The van der Waals surface area contributed by atoms with E-state index in [0.717, 1.165) is 41.9 Å². The number of likely N-dealkylation sites (N-methyl/N-ethyl adjacent to an activating group) is 1. The molecule has 0 spiro atoms. The van der Waals surface area contributed by atoms with Gasteiger partial charge in [0.15, 0.2) is 11.6 Å². The quantitative estimate of drug-likeness (QED) is 0.209. The van der Waals surface area contributed by atoms with Crippen LogP contribution in [-0.4, -0.2) is 52.5 Å². The van der Waals surface area contributed by atoms with Crippen molar-refractivity contribution in [3.8, 4) is 0 Å². The summed E-state index contributed by atoms with van der Waals surface area (Å²) in [6.45, 7) is 2.48. The summed E-state index contributed by atoms with van der Waals surface area (Å²) < 4.78 is 15.5. The van der Waals surface area contributed by atoms with Crippen molar-refractivity contribution in [2.45, 2.75) is 52.1 Å². The number of amides is 2. The van der Waals surface area contributed by atoms with Crippen LogP contribution in [0, 0.1) is 24.6 Å². The minimum Gasteiger partial charge on any atom is -0.357 e. The van der Waals surface area contributed by atoms with Gasteiger partial charge < -0.3 is 4.90 Å². The number of hydrogen-bond donors (Lipinski definition) is 2. The van der Waals surface area contributed by atoms with Gasteiger partial charge in [-0.25, -0.2) is 15.0 Å². The molecule has 3 aromatic rings. The van der Waals surface area contributed by atoms with Gasteiger partial charge in [-0.2, -0.15) is 4.39 Å². The first kappa shape index (κ1) is 29.9. The van der Waals surface area contributed by atoms with E-state index in [1.165, 1.54) is 0 Å². The van der Waals surface area contributed by atoms with E-state index in [2.05, 4.69) is 25.8 Å². The van der Waals surface area contributed by atoms with Gasteiger partial charge in [0, 0.05) is 26.0 Å². The average Bonchev–Trinajstić information content (AvgIpc) is 3.51. The number of aromatic nitrogens is 3. The SMILES string of the molecule is Cc1nc(NNC(=O)[C@H](CC2CCCC2)CN(C=O)OCc2ccccc2)c(F)c(N(C)CCc2ccncc2)n1. The van der Waals surface area contributed by atoms with Crippen LogP contribution in [0.5, 0.6) is 0 Å². The number of carbonyl (C=O) groups excluding carboxylic acids is 2. The van der Waals surface area contributed by atoms with Crippen LogP contribution in [0.15, 0.2) is 54.9 Å². The normalized spacial score (nSPS) is 13.9. The van der Waals surface area contributed by atoms with Gasteiger partial charge in [-0.05, 0) is 48.9 Å². The summed E-state index contributed by atoms with van der Waals surface area (Å²) in [5.41, 5.74) is 7.28. The van der Waals surface area contributed by atoms with Crippen LogP contribution in [0.4, 0.5) is 16.0 Å².